The molecular formula is C28H38IN. The van der Waals surface area contributed by atoms with E-state index in [0.717, 1.165) is 6.42 Å². The van der Waals surface area contributed by atoms with Crippen molar-refractivity contribution in [3.8, 4) is 0 Å². The topological polar surface area (TPSA) is 3.24 Å². The largest absolute Gasteiger partial charge is 0.303 e. The fourth-order valence-electron chi connectivity index (χ4n) is 4.68. The Morgan fingerprint density at radius 2 is 1.67 bits per heavy atom. The number of aryl methyl sites for hydroxylation is 1. The number of hydrogen-bond donors (Lipinski definition) is 0. The molecule has 0 spiro atoms. The van der Waals surface area contributed by atoms with E-state index in [9.17, 15) is 0 Å². The average Bonchev–Trinajstić information content (AvgIpc) is 2.78. The van der Waals surface area contributed by atoms with Crippen LogP contribution in [-0.2, 0) is 6.42 Å². The van der Waals surface area contributed by atoms with Crippen molar-refractivity contribution in [2.45, 2.75) is 71.1 Å². The van der Waals surface area contributed by atoms with Crippen LogP contribution in [0.2, 0.25) is 0 Å². The minimum absolute atomic E-state index is 0.537. The van der Waals surface area contributed by atoms with Crippen LogP contribution >= 0.6 is 22.6 Å². The standard InChI is InChI=1S/C28H38IN/c1-3-5-20-30(21-6-4-2)22-10-15-27(24-16-18-25(29)19-17-24)28-14-9-12-23-11-7-8-13-26(23)28/h7-8,11,13,15-19,28H,3-6,9-10,12,14,20-22H2,1-2H3. The Bertz CT molecular complexity index is 785. The lowest BCUT2D eigenvalue weighted by molar-refractivity contribution is 0.270. The molecule has 1 aliphatic carbocycles. The summed E-state index contributed by atoms with van der Waals surface area (Å²) in [5.74, 6) is 0.537. The Balaban J connectivity index is 1.82. The molecule has 1 nitrogen and oxygen atoms in total. The number of nitrogens with zero attached hydrogens (tertiary/aromatic N) is 1. The highest BCUT2D eigenvalue weighted by molar-refractivity contribution is 14.1. The lowest BCUT2D eigenvalue weighted by atomic mass is 9.76. The van der Waals surface area contributed by atoms with Gasteiger partial charge in [0.15, 0.2) is 0 Å². The van der Waals surface area contributed by atoms with Gasteiger partial charge in [0.25, 0.3) is 0 Å². The smallest absolute Gasteiger partial charge is 0.0130 e. The van der Waals surface area contributed by atoms with Gasteiger partial charge in [-0.3, -0.25) is 0 Å². The fraction of sp³-hybridized carbons (Fsp3) is 0.500. The van der Waals surface area contributed by atoms with E-state index in [1.54, 1.807) is 16.7 Å². The second kappa shape index (κ2) is 12.7. The first-order chi connectivity index (χ1) is 14.7. The summed E-state index contributed by atoms with van der Waals surface area (Å²) < 4.78 is 1.31. The van der Waals surface area contributed by atoms with E-state index in [1.807, 2.05) is 0 Å². The number of unbranched alkanes of at least 4 members (excludes halogenated alkanes) is 2. The van der Waals surface area contributed by atoms with Crippen LogP contribution < -0.4 is 0 Å². The Hall–Kier alpha value is -1.13. The van der Waals surface area contributed by atoms with Gasteiger partial charge in [-0.05, 0) is 109 Å². The lowest BCUT2D eigenvalue weighted by Gasteiger charge is -2.29. The van der Waals surface area contributed by atoms with Crippen molar-refractivity contribution in [3.63, 3.8) is 0 Å². The van der Waals surface area contributed by atoms with E-state index in [4.69, 9.17) is 0 Å². The molecule has 0 radical (unpaired) electrons. The van der Waals surface area contributed by atoms with Crippen LogP contribution in [0.3, 0.4) is 0 Å². The highest BCUT2D eigenvalue weighted by Crippen LogP contribution is 2.41. The van der Waals surface area contributed by atoms with Crippen molar-refractivity contribution < 1.29 is 0 Å². The SMILES string of the molecule is CCCCN(CCC=C(c1ccc(I)cc1)C1CCCc2ccccc21)CCCC. The van der Waals surface area contributed by atoms with Gasteiger partial charge in [-0.25, -0.2) is 0 Å². The van der Waals surface area contributed by atoms with E-state index in [-0.39, 0.29) is 0 Å². The third-order valence-electron chi connectivity index (χ3n) is 6.39. The monoisotopic (exact) mass is 515 g/mol. The van der Waals surface area contributed by atoms with Gasteiger partial charge in [0.1, 0.15) is 0 Å². The Kier molecular flexibility index (Phi) is 9.93. The van der Waals surface area contributed by atoms with Gasteiger partial charge in [-0.2, -0.15) is 0 Å². The molecule has 30 heavy (non-hydrogen) atoms. The first-order valence-corrected chi connectivity index (χ1v) is 13.1. The summed E-state index contributed by atoms with van der Waals surface area (Å²) in [4.78, 5) is 2.68. The van der Waals surface area contributed by atoms with Gasteiger partial charge in [-0.15, -0.1) is 0 Å². The normalized spacial score (nSPS) is 16.7. The highest BCUT2D eigenvalue weighted by Gasteiger charge is 2.24. The van der Waals surface area contributed by atoms with Crippen LogP contribution in [-0.4, -0.2) is 24.5 Å². The van der Waals surface area contributed by atoms with Crippen molar-refractivity contribution in [1.82, 2.24) is 4.90 Å². The molecule has 2 aromatic rings. The predicted octanol–water partition coefficient (Wildman–Crippen LogP) is 8.09. The fourth-order valence-corrected chi connectivity index (χ4v) is 5.04. The van der Waals surface area contributed by atoms with Crippen molar-refractivity contribution in [2.24, 2.45) is 0 Å². The van der Waals surface area contributed by atoms with Crippen LogP contribution in [0, 0.1) is 3.57 Å². The minimum Gasteiger partial charge on any atom is -0.303 e. The van der Waals surface area contributed by atoms with Gasteiger partial charge < -0.3 is 4.90 Å². The molecule has 2 heteroatoms. The van der Waals surface area contributed by atoms with E-state index in [0.29, 0.717) is 5.92 Å². The number of allylic oxidation sites excluding steroid dienone is 1. The minimum atomic E-state index is 0.537. The van der Waals surface area contributed by atoms with Gasteiger partial charge in [0.2, 0.25) is 0 Å². The first-order valence-electron chi connectivity index (χ1n) is 12.0. The zero-order chi connectivity index (χ0) is 21.2. The molecule has 0 saturated heterocycles. The molecule has 0 aliphatic heterocycles. The van der Waals surface area contributed by atoms with Gasteiger partial charge >= 0.3 is 0 Å². The molecule has 0 N–H and O–H groups in total. The van der Waals surface area contributed by atoms with E-state index in [2.05, 4.69) is 95.9 Å². The summed E-state index contributed by atoms with van der Waals surface area (Å²) in [6.07, 6.45) is 12.7. The number of fused-ring (bicyclic) bond motifs is 1. The van der Waals surface area contributed by atoms with Crippen LogP contribution in [0.5, 0.6) is 0 Å². The number of rotatable bonds is 11. The molecule has 0 amide bonds. The van der Waals surface area contributed by atoms with E-state index < -0.39 is 0 Å². The maximum absolute atomic E-state index is 2.68. The molecule has 0 saturated carbocycles. The zero-order valence-electron chi connectivity index (χ0n) is 18.9. The first kappa shape index (κ1) is 23.5. The summed E-state index contributed by atoms with van der Waals surface area (Å²) >= 11 is 2.41. The molecule has 0 fully saturated rings. The third kappa shape index (κ3) is 6.68. The van der Waals surface area contributed by atoms with Crippen LogP contribution in [0.15, 0.2) is 54.6 Å². The van der Waals surface area contributed by atoms with Crippen LogP contribution in [0.4, 0.5) is 0 Å². The number of benzene rings is 2. The molecular weight excluding hydrogens is 477 g/mol. The Morgan fingerprint density at radius 1 is 0.967 bits per heavy atom. The zero-order valence-corrected chi connectivity index (χ0v) is 21.0. The molecule has 162 valence electrons. The summed E-state index contributed by atoms with van der Waals surface area (Å²) in [6, 6.07) is 18.3. The molecule has 1 unspecified atom stereocenters. The summed E-state index contributed by atoms with van der Waals surface area (Å²) in [5.41, 5.74) is 6.07. The van der Waals surface area contributed by atoms with E-state index >= 15 is 0 Å². The van der Waals surface area contributed by atoms with Gasteiger partial charge in [-0.1, -0.05) is 69.2 Å². The molecule has 0 aromatic heterocycles. The summed E-state index contributed by atoms with van der Waals surface area (Å²) in [6.45, 7) is 8.27. The van der Waals surface area contributed by atoms with Crippen molar-refractivity contribution in [2.75, 3.05) is 19.6 Å². The maximum atomic E-state index is 2.68. The molecule has 0 heterocycles. The summed E-state index contributed by atoms with van der Waals surface area (Å²) in [7, 11) is 0. The molecule has 1 aliphatic rings. The second-order valence-corrected chi connectivity index (χ2v) is 9.89. The van der Waals surface area contributed by atoms with Crippen molar-refractivity contribution in [1.29, 1.82) is 0 Å². The van der Waals surface area contributed by atoms with E-state index in [1.165, 1.54) is 73.7 Å². The second-order valence-electron chi connectivity index (χ2n) is 8.65. The quantitative estimate of drug-likeness (QED) is 0.274. The predicted molar refractivity (Wildman–Crippen MR) is 140 cm³/mol. The number of halogens is 1. The Morgan fingerprint density at radius 3 is 2.37 bits per heavy atom. The van der Waals surface area contributed by atoms with Crippen molar-refractivity contribution in [3.05, 3.63) is 74.9 Å². The summed E-state index contributed by atoms with van der Waals surface area (Å²) in [5, 5.41) is 0. The lowest BCUT2D eigenvalue weighted by Crippen LogP contribution is -2.27. The van der Waals surface area contributed by atoms with Crippen LogP contribution in [0.1, 0.15) is 81.4 Å². The maximum Gasteiger partial charge on any atom is 0.0130 e. The highest BCUT2D eigenvalue weighted by atomic mass is 127. The average molecular weight is 516 g/mol. The molecule has 2 aromatic carbocycles. The third-order valence-corrected chi connectivity index (χ3v) is 7.11. The van der Waals surface area contributed by atoms with Gasteiger partial charge in [0.05, 0.1) is 0 Å². The molecule has 1 atom stereocenters. The molecule has 0 bridgehead atoms. The van der Waals surface area contributed by atoms with Crippen LogP contribution in [0.25, 0.3) is 5.57 Å². The molecule has 3 rings (SSSR count). The number of hydrogen-bond acceptors (Lipinski definition) is 1. The van der Waals surface area contributed by atoms with Crippen molar-refractivity contribution >= 4 is 28.2 Å². The Labute approximate surface area is 198 Å². The van der Waals surface area contributed by atoms with Gasteiger partial charge in [0, 0.05) is 16.0 Å².